The third kappa shape index (κ3) is 3.43. The van der Waals surface area contributed by atoms with Crippen LogP contribution in [-0.4, -0.2) is 55.7 Å². The van der Waals surface area contributed by atoms with Gasteiger partial charge in [-0.25, -0.2) is 0 Å². The Morgan fingerprint density at radius 3 is 2.50 bits per heavy atom. The number of halogens is 2. The monoisotopic (exact) mass is 381 g/mol. The number of amides is 1. The molecule has 2 saturated heterocycles. The summed E-state index contributed by atoms with van der Waals surface area (Å²) in [7, 11) is 2.16. The highest BCUT2D eigenvalue weighted by Crippen LogP contribution is 2.57. The van der Waals surface area contributed by atoms with Crippen LogP contribution >= 0.6 is 24.8 Å². The molecule has 5 nitrogen and oxygen atoms in total. The molecule has 1 aliphatic carbocycles. The first-order valence-electron chi connectivity index (χ1n) is 8.74. The van der Waals surface area contributed by atoms with Crippen LogP contribution in [0.2, 0.25) is 0 Å². The molecule has 0 bridgehead atoms. The second kappa shape index (κ2) is 8.09. The third-order valence-corrected chi connectivity index (χ3v) is 6.45. The number of hydrogen-bond acceptors (Lipinski definition) is 4. The van der Waals surface area contributed by atoms with E-state index in [1.807, 2.05) is 0 Å². The third-order valence-electron chi connectivity index (χ3n) is 6.45. The molecule has 1 amide bonds. The molecule has 3 fully saturated rings. The maximum Gasteiger partial charge on any atom is 0.241 e. The number of ether oxygens (including phenoxy) is 1. The molecule has 2 heterocycles. The van der Waals surface area contributed by atoms with Gasteiger partial charge in [-0.05, 0) is 51.7 Å². The summed E-state index contributed by atoms with van der Waals surface area (Å²) in [4.78, 5) is 15.2. The number of hydrogen-bond donors (Lipinski definition) is 2. The second-order valence-corrected chi connectivity index (χ2v) is 8.09. The zero-order valence-corrected chi connectivity index (χ0v) is 16.7. The van der Waals surface area contributed by atoms with E-state index in [-0.39, 0.29) is 48.2 Å². The Morgan fingerprint density at radius 2 is 1.88 bits per heavy atom. The van der Waals surface area contributed by atoms with Crippen molar-refractivity contribution in [3.63, 3.8) is 0 Å². The van der Waals surface area contributed by atoms with Gasteiger partial charge in [-0.1, -0.05) is 13.8 Å². The molecule has 0 aromatic heterocycles. The lowest BCUT2D eigenvalue weighted by atomic mass is 9.46. The normalized spacial score (nSPS) is 35.7. The zero-order valence-electron chi connectivity index (χ0n) is 15.0. The van der Waals surface area contributed by atoms with E-state index < -0.39 is 5.54 Å². The van der Waals surface area contributed by atoms with Gasteiger partial charge in [0.05, 0.1) is 6.10 Å². The maximum atomic E-state index is 12.8. The van der Waals surface area contributed by atoms with Crippen molar-refractivity contribution < 1.29 is 9.53 Å². The fourth-order valence-corrected chi connectivity index (χ4v) is 4.69. The van der Waals surface area contributed by atoms with Crippen LogP contribution in [0.1, 0.15) is 39.5 Å². The lowest BCUT2D eigenvalue weighted by molar-refractivity contribution is -0.225. The first-order valence-corrected chi connectivity index (χ1v) is 8.74. The largest absolute Gasteiger partial charge is 0.377 e. The average Bonchev–Trinajstić information content (AvgIpc) is 2.53. The fourth-order valence-electron chi connectivity index (χ4n) is 4.69. The molecule has 24 heavy (non-hydrogen) atoms. The number of rotatable bonds is 3. The Labute approximate surface area is 158 Å². The highest BCUT2D eigenvalue weighted by atomic mass is 35.5. The Kier molecular flexibility index (Phi) is 7.40. The summed E-state index contributed by atoms with van der Waals surface area (Å²) in [5, 5.41) is 3.16. The van der Waals surface area contributed by atoms with Crippen LogP contribution in [0.25, 0.3) is 0 Å². The molecule has 1 saturated carbocycles. The topological polar surface area (TPSA) is 67.6 Å². The first kappa shape index (κ1) is 22.0. The van der Waals surface area contributed by atoms with Crippen molar-refractivity contribution in [2.75, 3.05) is 33.3 Å². The van der Waals surface area contributed by atoms with E-state index in [2.05, 4.69) is 31.1 Å². The van der Waals surface area contributed by atoms with E-state index in [9.17, 15) is 4.79 Å². The predicted octanol–water partition coefficient (Wildman–Crippen LogP) is 1.82. The van der Waals surface area contributed by atoms with Crippen LogP contribution in [0.15, 0.2) is 0 Å². The summed E-state index contributed by atoms with van der Waals surface area (Å²) in [5.41, 5.74) is 5.56. The van der Waals surface area contributed by atoms with Gasteiger partial charge in [0.2, 0.25) is 5.91 Å². The molecular formula is C17H33Cl2N3O2. The van der Waals surface area contributed by atoms with E-state index in [0.717, 1.165) is 51.9 Å². The van der Waals surface area contributed by atoms with Crippen molar-refractivity contribution in [1.82, 2.24) is 10.2 Å². The number of nitrogens with one attached hydrogen (secondary N) is 1. The minimum absolute atomic E-state index is 0. The highest BCUT2D eigenvalue weighted by Gasteiger charge is 2.70. The molecule has 0 spiro atoms. The van der Waals surface area contributed by atoms with Crippen molar-refractivity contribution >= 4 is 30.7 Å². The van der Waals surface area contributed by atoms with Crippen molar-refractivity contribution in [1.29, 1.82) is 0 Å². The van der Waals surface area contributed by atoms with Gasteiger partial charge in [0.15, 0.2) is 0 Å². The van der Waals surface area contributed by atoms with Gasteiger partial charge in [0.1, 0.15) is 5.54 Å². The number of piperidine rings is 1. The van der Waals surface area contributed by atoms with E-state index in [1.165, 1.54) is 0 Å². The number of fused-ring (bicyclic) bond motifs is 1. The second-order valence-electron chi connectivity index (χ2n) is 8.09. The van der Waals surface area contributed by atoms with Crippen LogP contribution in [0.5, 0.6) is 0 Å². The molecule has 3 aliphatic rings. The summed E-state index contributed by atoms with van der Waals surface area (Å²) >= 11 is 0. The summed E-state index contributed by atoms with van der Waals surface area (Å²) in [5.74, 6) is 0.794. The molecule has 7 heteroatoms. The van der Waals surface area contributed by atoms with Gasteiger partial charge in [-0.2, -0.15) is 0 Å². The summed E-state index contributed by atoms with van der Waals surface area (Å²) in [6, 6.07) is 0. The molecule has 3 N–H and O–H groups in total. The number of carbonyl (C=O) groups excluding carboxylic acids is 1. The van der Waals surface area contributed by atoms with Crippen molar-refractivity contribution in [3.8, 4) is 0 Å². The molecule has 3 rings (SSSR count). The van der Waals surface area contributed by atoms with Crippen LogP contribution in [0.4, 0.5) is 0 Å². The number of likely N-dealkylation sites (tertiary alicyclic amines) is 1. The van der Waals surface area contributed by atoms with Gasteiger partial charge in [-0.15, -0.1) is 24.8 Å². The van der Waals surface area contributed by atoms with Crippen LogP contribution in [0, 0.1) is 17.3 Å². The Hall–Kier alpha value is -0.0700. The highest BCUT2D eigenvalue weighted by molar-refractivity contribution is 5.89. The summed E-state index contributed by atoms with van der Waals surface area (Å²) in [6.07, 6.45) is 4.48. The van der Waals surface area contributed by atoms with Crippen LogP contribution in [0.3, 0.4) is 0 Å². The van der Waals surface area contributed by atoms with Crippen LogP contribution in [-0.2, 0) is 9.53 Å². The van der Waals surface area contributed by atoms with Gasteiger partial charge < -0.3 is 20.7 Å². The number of carbonyl (C=O) groups is 1. The standard InChI is InChI=1S/C17H31N3O2.2ClH/c1-16(2)14-13(5-4-10-22-14)17(16,18)15(21)19-11-12-6-8-20(3)9-7-12;;/h12-14H,4-11,18H2,1-3H3,(H,19,21);2*1H. The van der Waals surface area contributed by atoms with E-state index in [1.54, 1.807) is 0 Å². The van der Waals surface area contributed by atoms with E-state index >= 15 is 0 Å². The van der Waals surface area contributed by atoms with Crippen LogP contribution < -0.4 is 11.1 Å². The van der Waals surface area contributed by atoms with Crippen molar-refractivity contribution in [2.24, 2.45) is 23.0 Å². The fraction of sp³-hybridized carbons (Fsp3) is 0.941. The van der Waals surface area contributed by atoms with Crippen molar-refractivity contribution in [3.05, 3.63) is 0 Å². The minimum Gasteiger partial charge on any atom is -0.377 e. The molecular weight excluding hydrogens is 349 g/mol. The Bertz CT molecular complexity index is 442. The molecule has 0 radical (unpaired) electrons. The maximum absolute atomic E-state index is 12.8. The molecule has 0 aromatic carbocycles. The van der Waals surface area contributed by atoms with Gasteiger partial charge in [-0.3, -0.25) is 4.79 Å². The molecule has 142 valence electrons. The SMILES string of the molecule is CN1CCC(CNC(=O)C2(N)C3CCCOC3C2(C)C)CC1.Cl.Cl. The predicted molar refractivity (Wildman–Crippen MR) is 101 cm³/mol. The first-order chi connectivity index (χ1) is 10.4. The van der Waals surface area contributed by atoms with E-state index in [4.69, 9.17) is 10.5 Å². The minimum atomic E-state index is -0.774. The summed E-state index contributed by atoms with van der Waals surface area (Å²) < 4.78 is 5.88. The average molecular weight is 382 g/mol. The molecule has 2 aliphatic heterocycles. The van der Waals surface area contributed by atoms with Gasteiger partial charge >= 0.3 is 0 Å². The molecule has 3 atom stereocenters. The Morgan fingerprint density at radius 1 is 1.25 bits per heavy atom. The van der Waals surface area contributed by atoms with Crippen molar-refractivity contribution in [2.45, 2.75) is 51.2 Å². The summed E-state index contributed by atoms with van der Waals surface area (Å²) in [6.45, 7) is 7.97. The lowest BCUT2D eigenvalue weighted by Gasteiger charge is -2.65. The lowest BCUT2D eigenvalue weighted by Crippen LogP contribution is -2.82. The smallest absolute Gasteiger partial charge is 0.241 e. The zero-order chi connectivity index (χ0) is 16.0. The quantitative estimate of drug-likeness (QED) is 0.782. The van der Waals surface area contributed by atoms with Gasteiger partial charge in [0.25, 0.3) is 0 Å². The Balaban J connectivity index is 0.00000144. The van der Waals surface area contributed by atoms with E-state index in [0.29, 0.717) is 5.92 Å². The number of nitrogens with zero attached hydrogens (tertiary/aromatic N) is 1. The molecule has 0 aromatic rings. The molecule has 3 unspecified atom stereocenters. The van der Waals surface area contributed by atoms with Gasteiger partial charge in [0, 0.05) is 24.5 Å². The number of nitrogens with two attached hydrogens (primary N) is 1.